The topological polar surface area (TPSA) is 88.5 Å². The molecule has 104 valence electrons. The summed E-state index contributed by atoms with van der Waals surface area (Å²) in [6.07, 6.45) is 0. The van der Waals surface area contributed by atoms with Crippen LogP contribution in [0.15, 0.2) is 12.1 Å². The van der Waals surface area contributed by atoms with Crippen LogP contribution in [0.5, 0.6) is 0 Å². The molecule has 2 heterocycles. The van der Waals surface area contributed by atoms with E-state index in [0.717, 1.165) is 19.6 Å². The molecule has 0 radical (unpaired) electrons. The van der Waals surface area contributed by atoms with E-state index in [9.17, 15) is 10.1 Å². The summed E-state index contributed by atoms with van der Waals surface area (Å²) in [6, 6.07) is 2.77. The van der Waals surface area contributed by atoms with E-state index in [-0.39, 0.29) is 17.0 Å². The molecule has 0 aromatic carbocycles. The second-order valence-electron chi connectivity index (χ2n) is 5.52. The predicted octanol–water partition coefficient (Wildman–Crippen LogP) is 1.10. The van der Waals surface area contributed by atoms with Crippen LogP contribution in [0.25, 0.3) is 0 Å². The van der Waals surface area contributed by atoms with E-state index in [4.69, 9.17) is 5.73 Å². The van der Waals surface area contributed by atoms with Crippen molar-refractivity contribution in [3.8, 4) is 0 Å². The maximum Gasteiger partial charge on any atom is 0.276 e. The van der Waals surface area contributed by atoms with Gasteiger partial charge in [-0.2, -0.15) is 0 Å². The van der Waals surface area contributed by atoms with Crippen molar-refractivity contribution in [1.82, 2.24) is 9.88 Å². The average Bonchev–Trinajstić information content (AvgIpc) is 2.31. The third-order valence-corrected chi connectivity index (χ3v) is 3.67. The van der Waals surface area contributed by atoms with Gasteiger partial charge in [-0.15, -0.1) is 0 Å². The highest BCUT2D eigenvalue weighted by Crippen LogP contribution is 2.26. The second-order valence-corrected chi connectivity index (χ2v) is 5.52. The number of hydrogen-bond donors (Lipinski definition) is 1. The highest BCUT2D eigenvalue weighted by molar-refractivity contribution is 5.54. The lowest BCUT2D eigenvalue weighted by Crippen LogP contribution is -2.57. The van der Waals surface area contributed by atoms with Crippen molar-refractivity contribution in [2.45, 2.75) is 19.4 Å². The zero-order chi connectivity index (χ0) is 14.2. The van der Waals surface area contributed by atoms with Gasteiger partial charge in [-0.3, -0.25) is 15.0 Å². The molecular weight excluding hydrogens is 246 g/mol. The molecule has 1 aliphatic rings. The smallest absolute Gasteiger partial charge is 0.276 e. The van der Waals surface area contributed by atoms with Gasteiger partial charge in [-0.1, -0.05) is 0 Å². The fourth-order valence-electron chi connectivity index (χ4n) is 2.23. The first kappa shape index (κ1) is 13.5. The molecule has 2 rings (SSSR count). The van der Waals surface area contributed by atoms with Gasteiger partial charge in [0.1, 0.15) is 11.6 Å². The SMILES string of the molecule is CN1CCN(c2cc([N+](=O)[O-])cc(N)n2)CC1(C)C. The van der Waals surface area contributed by atoms with Gasteiger partial charge in [0.2, 0.25) is 0 Å². The Kier molecular flexibility index (Phi) is 3.32. The lowest BCUT2D eigenvalue weighted by molar-refractivity contribution is -0.384. The zero-order valence-corrected chi connectivity index (χ0v) is 11.5. The molecule has 0 saturated carbocycles. The number of aromatic nitrogens is 1. The van der Waals surface area contributed by atoms with E-state index in [1.807, 2.05) is 4.90 Å². The summed E-state index contributed by atoms with van der Waals surface area (Å²) in [6.45, 7) is 6.71. The van der Waals surface area contributed by atoms with E-state index in [2.05, 4.69) is 30.8 Å². The first-order valence-electron chi connectivity index (χ1n) is 6.18. The molecule has 7 heteroatoms. The van der Waals surface area contributed by atoms with Crippen molar-refractivity contribution in [3.05, 3.63) is 22.2 Å². The molecule has 19 heavy (non-hydrogen) atoms. The van der Waals surface area contributed by atoms with Crippen LogP contribution in [0, 0.1) is 10.1 Å². The standard InChI is InChI=1S/C12H19N5O2/c1-12(2)8-16(5-4-15(12)3)11-7-9(17(18)19)6-10(13)14-11/h6-7H,4-5,8H2,1-3H3,(H2,13,14). The first-order chi connectivity index (χ1) is 8.79. The number of pyridine rings is 1. The summed E-state index contributed by atoms with van der Waals surface area (Å²) < 4.78 is 0. The van der Waals surface area contributed by atoms with Crippen molar-refractivity contribution in [2.24, 2.45) is 0 Å². The Bertz CT molecular complexity index is 503. The van der Waals surface area contributed by atoms with Crippen LogP contribution in [0.4, 0.5) is 17.3 Å². The number of nitrogen functional groups attached to an aromatic ring is 1. The molecule has 0 aliphatic carbocycles. The number of nitrogens with zero attached hydrogens (tertiary/aromatic N) is 4. The number of likely N-dealkylation sites (N-methyl/N-ethyl adjacent to an activating group) is 1. The molecule has 0 unspecified atom stereocenters. The molecule has 0 atom stereocenters. The molecule has 2 N–H and O–H groups in total. The molecule has 0 spiro atoms. The van der Waals surface area contributed by atoms with Gasteiger partial charge in [0.15, 0.2) is 0 Å². The second kappa shape index (κ2) is 4.65. The molecule has 0 bridgehead atoms. The molecule has 7 nitrogen and oxygen atoms in total. The van der Waals surface area contributed by atoms with Crippen LogP contribution in [-0.4, -0.2) is 47.0 Å². The summed E-state index contributed by atoms with van der Waals surface area (Å²) in [5.74, 6) is 0.758. The number of nitrogens with two attached hydrogens (primary N) is 1. The lowest BCUT2D eigenvalue weighted by atomic mass is 10.00. The highest BCUT2D eigenvalue weighted by atomic mass is 16.6. The Hall–Kier alpha value is -1.89. The Labute approximate surface area is 112 Å². The summed E-state index contributed by atoms with van der Waals surface area (Å²) in [4.78, 5) is 18.9. The van der Waals surface area contributed by atoms with Crippen LogP contribution in [0.1, 0.15) is 13.8 Å². The monoisotopic (exact) mass is 265 g/mol. The summed E-state index contributed by atoms with van der Waals surface area (Å²) in [5.41, 5.74) is 5.63. The maximum absolute atomic E-state index is 10.9. The third kappa shape index (κ3) is 2.76. The lowest BCUT2D eigenvalue weighted by Gasteiger charge is -2.45. The normalized spacial score (nSPS) is 19.4. The highest BCUT2D eigenvalue weighted by Gasteiger charge is 2.32. The van der Waals surface area contributed by atoms with Crippen molar-refractivity contribution in [1.29, 1.82) is 0 Å². The van der Waals surface area contributed by atoms with Gasteiger partial charge in [-0.25, -0.2) is 4.98 Å². The number of piperazine rings is 1. The van der Waals surface area contributed by atoms with E-state index >= 15 is 0 Å². The number of nitro groups is 1. The third-order valence-electron chi connectivity index (χ3n) is 3.67. The maximum atomic E-state index is 10.9. The summed E-state index contributed by atoms with van der Waals surface area (Å²) >= 11 is 0. The summed E-state index contributed by atoms with van der Waals surface area (Å²) in [5, 5.41) is 10.9. The Balaban J connectivity index is 2.30. The molecule has 1 saturated heterocycles. The molecule has 1 aromatic rings. The van der Waals surface area contributed by atoms with Crippen LogP contribution in [0.2, 0.25) is 0 Å². The Morgan fingerprint density at radius 2 is 2.11 bits per heavy atom. The van der Waals surface area contributed by atoms with Gasteiger partial charge in [0.05, 0.1) is 17.1 Å². The molecular formula is C12H19N5O2. The van der Waals surface area contributed by atoms with E-state index in [1.54, 1.807) is 0 Å². The average molecular weight is 265 g/mol. The van der Waals surface area contributed by atoms with Crippen LogP contribution < -0.4 is 10.6 Å². The van der Waals surface area contributed by atoms with Crippen LogP contribution >= 0.6 is 0 Å². The first-order valence-corrected chi connectivity index (χ1v) is 6.18. The number of rotatable bonds is 2. The van der Waals surface area contributed by atoms with E-state index in [0.29, 0.717) is 5.82 Å². The number of hydrogen-bond acceptors (Lipinski definition) is 6. The van der Waals surface area contributed by atoms with Gasteiger partial charge < -0.3 is 10.6 Å². The molecule has 1 aliphatic heterocycles. The fraction of sp³-hybridized carbons (Fsp3) is 0.583. The molecule has 1 fully saturated rings. The predicted molar refractivity (Wildman–Crippen MR) is 74.2 cm³/mol. The quantitative estimate of drug-likeness (QED) is 0.636. The summed E-state index contributed by atoms with van der Waals surface area (Å²) in [7, 11) is 2.08. The van der Waals surface area contributed by atoms with Gasteiger partial charge in [-0.05, 0) is 20.9 Å². The van der Waals surface area contributed by atoms with Gasteiger partial charge >= 0.3 is 0 Å². The minimum atomic E-state index is -0.442. The minimum absolute atomic E-state index is 0.000681. The van der Waals surface area contributed by atoms with Gasteiger partial charge in [0.25, 0.3) is 5.69 Å². The Morgan fingerprint density at radius 3 is 2.68 bits per heavy atom. The minimum Gasteiger partial charge on any atom is -0.383 e. The van der Waals surface area contributed by atoms with E-state index in [1.165, 1.54) is 12.1 Å². The van der Waals surface area contributed by atoms with Crippen LogP contribution in [0.3, 0.4) is 0 Å². The fourth-order valence-corrected chi connectivity index (χ4v) is 2.23. The van der Waals surface area contributed by atoms with Crippen molar-refractivity contribution in [2.75, 3.05) is 37.3 Å². The van der Waals surface area contributed by atoms with E-state index < -0.39 is 4.92 Å². The largest absolute Gasteiger partial charge is 0.383 e. The Morgan fingerprint density at radius 1 is 1.42 bits per heavy atom. The molecule has 0 amide bonds. The zero-order valence-electron chi connectivity index (χ0n) is 11.5. The van der Waals surface area contributed by atoms with Crippen molar-refractivity contribution < 1.29 is 4.92 Å². The van der Waals surface area contributed by atoms with Gasteiger partial charge in [0, 0.05) is 25.2 Å². The van der Waals surface area contributed by atoms with Crippen molar-refractivity contribution >= 4 is 17.3 Å². The number of anilines is 2. The van der Waals surface area contributed by atoms with Crippen molar-refractivity contribution in [3.63, 3.8) is 0 Å². The molecule has 1 aromatic heterocycles. The van der Waals surface area contributed by atoms with Crippen LogP contribution in [-0.2, 0) is 0 Å².